The molecule has 1 heterocycles. The number of alkyl halides is 2. The Morgan fingerprint density at radius 2 is 1.90 bits per heavy atom. The highest BCUT2D eigenvalue weighted by molar-refractivity contribution is 9.10. The first-order valence-corrected chi connectivity index (χ1v) is 9.02. The van der Waals surface area contributed by atoms with Crippen molar-refractivity contribution in [1.29, 1.82) is 0 Å². The zero-order chi connectivity index (χ0) is 15.1. The minimum Gasteiger partial charge on any atom is -0.263 e. The van der Waals surface area contributed by atoms with E-state index in [0.29, 0.717) is 0 Å². The second-order valence-corrected chi connectivity index (χ2v) is 8.72. The molecular formula is C12H11Br2NO4S. The maximum absolute atomic E-state index is 12.3. The van der Waals surface area contributed by atoms with Gasteiger partial charge in [0, 0.05) is 26.4 Å². The zero-order valence-corrected chi connectivity index (χ0v) is 14.4. The largest absolute Gasteiger partial charge is 0.310 e. The Morgan fingerprint density at radius 3 is 2.35 bits per heavy atom. The summed E-state index contributed by atoms with van der Waals surface area (Å²) in [7, 11) is -3.69. The van der Waals surface area contributed by atoms with Crippen LogP contribution in [-0.2, 0) is 9.84 Å². The van der Waals surface area contributed by atoms with E-state index in [2.05, 4.69) is 31.9 Å². The molecular weight excluding hydrogens is 414 g/mol. The lowest BCUT2D eigenvalue weighted by Crippen LogP contribution is -2.34. The molecule has 8 heteroatoms. The fourth-order valence-electron chi connectivity index (χ4n) is 2.17. The second-order valence-electron chi connectivity index (χ2n) is 4.54. The number of halogens is 2. The van der Waals surface area contributed by atoms with Gasteiger partial charge in [0.25, 0.3) is 0 Å². The van der Waals surface area contributed by atoms with Gasteiger partial charge in [-0.2, -0.15) is 0 Å². The number of hydrogen-bond donors (Lipinski definition) is 0. The van der Waals surface area contributed by atoms with Crippen LogP contribution in [0.1, 0.15) is 17.3 Å². The molecule has 20 heavy (non-hydrogen) atoms. The van der Waals surface area contributed by atoms with E-state index < -0.39 is 29.8 Å². The summed E-state index contributed by atoms with van der Waals surface area (Å²) in [6.45, 7) is 1.48. The van der Waals surface area contributed by atoms with Gasteiger partial charge in [0.05, 0.1) is 9.73 Å². The summed E-state index contributed by atoms with van der Waals surface area (Å²) in [4.78, 5) is 10.0. The third kappa shape index (κ3) is 2.44. The zero-order valence-electron chi connectivity index (χ0n) is 10.4. The maximum atomic E-state index is 12.3. The normalized spacial score (nSPS) is 26.6. The van der Waals surface area contributed by atoms with Gasteiger partial charge in [-0.1, -0.05) is 46.3 Å². The van der Waals surface area contributed by atoms with Gasteiger partial charge in [0.1, 0.15) is 5.75 Å². The predicted molar refractivity (Wildman–Crippen MR) is 83.2 cm³/mol. The number of sulfone groups is 1. The Morgan fingerprint density at radius 1 is 1.35 bits per heavy atom. The van der Waals surface area contributed by atoms with Crippen molar-refractivity contribution in [3.05, 3.63) is 56.5 Å². The number of hydrogen-bond acceptors (Lipinski definition) is 4. The summed E-state index contributed by atoms with van der Waals surface area (Å²) < 4.78 is 22.8. The van der Waals surface area contributed by atoms with Crippen molar-refractivity contribution in [3.8, 4) is 0 Å². The van der Waals surface area contributed by atoms with Crippen LogP contribution >= 0.6 is 31.9 Å². The van der Waals surface area contributed by atoms with Crippen LogP contribution in [-0.4, -0.2) is 23.5 Å². The molecule has 2 rings (SSSR count). The van der Waals surface area contributed by atoms with Crippen LogP contribution in [0.4, 0.5) is 0 Å². The Balaban J connectivity index is 2.59. The van der Waals surface area contributed by atoms with Gasteiger partial charge in [-0.05, 0) is 12.5 Å². The van der Waals surface area contributed by atoms with E-state index >= 15 is 0 Å². The van der Waals surface area contributed by atoms with Gasteiger partial charge in [-0.3, -0.25) is 10.1 Å². The molecule has 1 aromatic carbocycles. The van der Waals surface area contributed by atoms with Crippen LogP contribution in [0.3, 0.4) is 0 Å². The molecule has 0 aromatic heterocycles. The number of allylic oxidation sites excluding steroid dienone is 1. The Bertz CT molecular complexity index is 687. The summed E-state index contributed by atoms with van der Waals surface area (Å²) in [5.74, 6) is -0.566. The molecule has 0 saturated carbocycles. The smallest absolute Gasteiger partial charge is 0.263 e. The molecule has 1 aliphatic rings. The summed E-state index contributed by atoms with van der Waals surface area (Å²) in [6.07, 6.45) is 0. The van der Waals surface area contributed by atoms with Crippen molar-refractivity contribution < 1.29 is 13.3 Å². The first-order chi connectivity index (χ1) is 9.20. The van der Waals surface area contributed by atoms with Crippen LogP contribution < -0.4 is 0 Å². The molecule has 0 saturated heterocycles. The fourth-order valence-corrected chi connectivity index (χ4v) is 6.99. The first-order valence-electron chi connectivity index (χ1n) is 5.66. The molecule has 108 valence electrons. The lowest BCUT2D eigenvalue weighted by molar-refractivity contribution is -0.518. The van der Waals surface area contributed by atoms with Crippen molar-refractivity contribution >= 4 is 41.7 Å². The third-order valence-electron chi connectivity index (χ3n) is 3.27. The van der Waals surface area contributed by atoms with E-state index in [0.717, 1.165) is 5.56 Å². The van der Waals surface area contributed by atoms with Crippen LogP contribution in [0.15, 0.2) is 40.8 Å². The number of benzene rings is 1. The number of nitrogens with zero attached hydrogens (tertiary/aromatic N) is 1. The predicted octanol–water partition coefficient (Wildman–Crippen LogP) is 3.19. The first kappa shape index (κ1) is 15.7. The highest BCUT2D eigenvalue weighted by Crippen LogP contribution is 2.48. The van der Waals surface area contributed by atoms with Crippen molar-refractivity contribution in [3.63, 3.8) is 0 Å². The van der Waals surface area contributed by atoms with E-state index in [1.165, 1.54) is 6.92 Å². The highest BCUT2D eigenvalue weighted by Gasteiger charge is 2.56. The monoisotopic (exact) mass is 423 g/mol. The SMILES string of the molecule is CC1=C([C@H](Br)c2ccccc2)S(=O)(=O)C[C@]1(Br)[N+](=O)[O-]. The van der Waals surface area contributed by atoms with Gasteiger partial charge >= 0.3 is 4.45 Å². The molecule has 0 aliphatic carbocycles. The third-order valence-corrected chi connectivity index (χ3v) is 8.11. The summed E-state index contributed by atoms with van der Waals surface area (Å²) in [5.41, 5.74) is 0.957. The average molecular weight is 425 g/mol. The molecule has 0 bridgehead atoms. The summed E-state index contributed by atoms with van der Waals surface area (Å²) in [5, 5.41) is 11.2. The minimum absolute atomic E-state index is 0.0669. The Hall–Kier alpha value is -0.730. The van der Waals surface area contributed by atoms with Crippen LogP contribution in [0.25, 0.3) is 0 Å². The van der Waals surface area contributed by atoms with Crippen molar-refractivity contribution in [1.82, 2.24) is 0 Å². The number of rotatable bonds is 3. The van der Waals surface area contributed by atoms with Crippen molar-refractivity contribution in [2.45, 2.75) is 16.2 Å². The molecule has 0 radical (unpaired) electrons. The van der Waals surface area contributed by atoms with E-state index in [1.807, 2.05) is 6.07 Å². The van der Waals surface area contributed by atoms with Gasteiger partial charge in [0.15, 0.2) is 9.84 Å². The maximum Gasteiger partial charge on any atom is 0.310 e. The molecule has 2 atom stereocenters. The molecule has 0 amide bonds. The molecule has 1 aromatic rings. The van der Waals surface area contributed by atoms with Gasteiger partial charge in [-0.25, -0.2) is 8.42 Å². The van der Waals surface area contributed by atoms with Crippen LogP contribution in [0, 0.1) is 10.1 Å². The van der Waals surface area contributed by atoms with E-state index in [1.54, 1.807) is 24.3 Å². The molecule has 0 fully saturated rings. The van der Waals surface area contributed by atoms with Crippen LogP contribution in [0.2, 0.25) is 0 Å². The average Bonchev–Trinajstić information content (AvgIpc) is 2.57. The van der Waals surface area contributed by atoms with Crippen molar-refractivity contribution in [2.75, 3.05) is 5.75 Å². The van der Waals surface area contributed by atoms with Crippen LogP contribution in [0.5, 0.6) is 0 Å². The molecule has 0 spiro atoms. The molecule has 0 unspecified atom stereocenters. The Labute approximate surface area is 133 Å². The summed E-state index contributed by atoms with van der Waals surface area (Å²) >= 11 is 6.32. The molecule has 0 N–H and O–H groups in total. The quantitative estimate of drug-likeness (QED) is 0.323. The topological polar surface area (TPSA) is 77.3 Å². The van der Waals surface area contributed by atoms with Gasteiger partial charge in [0.2, 0.25) is 0 Å². The van der Waals surface area contributed by atoms with E-state index in [4.69, 9.17) is 0 Å². The molecule has 5 nitrogen and oxygen atoms in total. The summed E-state index contributed by atoms with van der Waals surface area (Å²) in [6, 6.07) is 8.94. The van der Waals surface area contributed by atoms with E-state index in [-0.39, 0.29) is 10.5 Å². The number of nitro groups is 1. The van der Waals surface area contributed by atoms with E-state index in [9.17, 15) is 18.5 Å². The lowest BCUT2D eigenvalue weighted by Gasteiger charge is -2.13. The van der Waals surface area contributed by atoms with Crippen molar-refractivity contribution in [2.24, 2.45) is 0 Å². The fraction of sp³-hybridized carbons (Fsp3) is 0.333. The molecule has 1 aliphatic heterocycles. The minimum atomic E-state index is -3.69. The Kier molecular flexibility index (Phi) is 4.10. The van der Waals surface area contributed by atoms with Gasteiger partial charge < -0.3 is 0 Å². The lowest BCUT2D eigenvalue weighted by atomic mass is 10.1. The standard InChI is InChI=1S/C12H11Br2NO4S/c1-8-11(10(13)9-5-3-2-4-6-9)20(18,19)7-12(8,14)15(16)17/h2-6,10H,7H2,1H3/t10-,12+/m1/s1. The highest BCUT2D eigenvalue weighted by atomic mass is 79.9. The second kappa shape index (κ2) is 5.23. The van der Waals surface area contributed by atoms with Gasteiger partial charge in [-0.15, -0.1) is 0 Å².